The Morgan fingerprint density at radius 1 is 1.21 bits per heavy atom. The summed E-state index contributed by atoms with van der Waals surface area (Å²) in [5.41, 5.74) is 0.512. The first-order valence-electron chi connectivity index (χ1n) is 10.3. The van der Waals surface area contributed by atoms with Gasteiger partial charge in [0.25, 0.3) is 0 Å². The highest BCUT2D eigenvalue weighted by molar-refractivity contribution is 7.90. The molecule has 1 unspecified atom stereocenters. The number of thiophene rings is 1. The summed E-state index contributed by atoms with van der Waals surface area (Å²) in [4.78, 5) is 33.0. The van der Waals surface area contributed by atoms with Gasteiger partial charge in [-0.1, -0.05) is 29.3 Å². The molecule has 0 aromatic carbocycles. The molecule has 0 radical (unpaired) electrons. The number of hydrogen-bond donors (Lipinski definition) is 1. The molecule has 2 aromatic heterocycles. The van der Waals surface area contributed by atoms with Crippen molar-refractivity contribution in [2.45, 2.75) is 18.1 Å². The lowest BCUT2D eigenvalue weighted by molar-refractivity contribution is 0.0967. The predicted molar refractivity (Wildman–Crippen MR) is 130 cm³/mol. The Morgan fingerprint density at radius 2 is 1.91 bits per heavy atom. The number of anilines is 1. The van der Waals surface area contributed by atoms with E-state index in [1.807, 2.05) is 4.90 Å². The summed E-state index contributed by atoms with van der Waals surface area (Å²) in [5, 5.41) is -0.703. The van der Waals surface area contributed by atoms with E-state index in [-0.39, 0.29) is 24.8 Å². The maximum atomic E-state index is 12.8. The lowest BCUT2D eigenvalue weighted by Gasteiger charge is -2.35. The molecule has 2 amide bonds. The van der Waals surface area contributed by atoms with Crippen molar-refractivity contribution in [1.82, 2.24) is 14.6 Å². The standard InChI is InChI=1S/C21H22Cl2N4O4S2/c1-2-17(16-5-6-18(23)32-16)33(30,31)25-21(29)27-9-7-26(8-10-27)20-15(22)11-14(12-24-20)19(28)13-3-4-13/h2,5-6,11-13,17H,1,3-4,7-10H2,(H,25,29). The highest BCUT2D eigenvalue weighted by Crippen LogP contribution is 2.34. The molecule has 2 fully saturated rings. The number of nitrogens with one attached hydrogen (secondary N) is 1. The van der Waals surface area contributed by atoms with Crippen molar-refractivity contribution >= 4 is 62.2 Å². The second kappa shape index (κ2) is 9.61. The molecule has 1 saturated heterocycles. The number of aromatic nitrogens is 1. The van der Waals surface area contributed by atoms with Crippen LogP contribution in [0.3, 0.4) is 0 Å². The Kier molecular flexibility index (Phi) is 6.99. The zero-order valence-electron chi connectivity index (χ0n) is 17.5. The lowest BCUT2D eigenvalue weighted by atomic mass is 10.1. The van der Waals surface area contributed by atoms with Crippen LogP contribution in [0, 0.1) is 5.92 Å². The van der Waals surface area contributed by atoms with Crippen LogP contribution in [-0.4, -0.2) is 56.3 Å². The molecular weight excluding hydrogens is 507 g/mol. The normalized spacial score (nSPS) is 17.5. The summed E-state index contributed by atoms with van der Waals surface area (Å²) in [5.74, 6) is 0.698. The van der Waals surface area contributed by atoms with E-state index in [0.717, 1.165) is 24.2 Å². The Morgan fingerprint density at radius 3 is 2.45 bits per heavy atom. The van der Waals surface area contributed by atoms with E-state index < -0.39 is 21.3 Å². The molecule has 1 atom stereocenters. The second-order valence-corrected chi connectivity index (χ2v) is 11.8. The lowest BCUT2D eigenvalue weighted by Crippen LogP contribution is -2.53. The van der Waals surface area contributed by atoms with Crippen molar-refractivity contribution in [3.05, 3.63) is 56.9 Å². The number of Topliss-reactive ketones (excluding diaryl/α,β-unsaturated/α-hetero) is 1. The average Bonchev–Trinajstić information content (AvgIpc) is 3.55. The molecule has 176 valence electrons. The number of piperazine rings is 1. The number of carbonyl (C=O) groups excluding carboxylic acids is 2. The van der Waals surface area contributed by atoms with Gasteiger partial charge in [0.2, 0.25) is 10.0 Å². The van der Waals surface area contributed by atoms with Crippen LogP contribution in [0.1, 0.15) is 33.3 Å². The van der Waals surface area contributed by atoms with Crippen LogP contribution in [0.2, 0.25) is 9.36 Å². The first-order chi connectivity index (χ1) is 15.7. The van der Waals surface area contributed by atoms with Crippen LogP contribution in [0.15, 0.2) is 37.1 Å². The summed E-state index contributed by atoms with van der Waals surface area (Å²) < 4.78 is 28.1. The minimum Gasteiger partial charge on any atom is -0.352 e. The third-order valence-electron chi connectivity index (χ3n) is 5.57. The average molecular weight is 529 g/mol. The van der Waals surface area contributed by atoms with Crippen molar-refractivity contribution < 1.29 is 18.0 Å². The zero-order chi connectivity index (χ0) is 23.8. The zero-order valence-corrected chi connectivity index (χ0v) is 20.7. The van der Waals surface area contributed by atoms with Gasteiger partial charge in [0.05, 0.1) is 9.36 Å². The fraction of sp³-hybridized carbons (Fsp3) is 0.381. The van der Waals surface area contributed by atoms with Gasteiger partial charge in [-0.05, 0) is 31.0 Å². The Balaban J connectivity index is 1.37. The van der Waals surface area contributed by atoms with Crippen LogP contribution in [-0.2, 0) is 10.0 Å². The predicted octanol–water partition coefficient (Wildman–Crippen LogP) is 4.13. The Bertz CT molecular complexity index is 1190. The van der Waals surface area contributed by atoms with Crippen LogP contribution >= 0.6 is 34.5 Å². The van der Waals surface area contributed by atoms with E-state index in [0.29, 0.717) is 38.7 Å². The number of amides is 2. The van der Waals surface area contributed by atoms with Crippen LogP contribution in [0.25, 0.3) is 0 Å². The van der Waals surface area contributed by atoms with Gasteiger partial charge in [-0.15, -0.1) is 17.9 Å². The number of pyridine rings is 1. The number of carbonyl (C=O) groups is 2. The smallest absolute Gasteiger partial charge is 0.331 e. The summed E-state index contributed by atoms with van der Waals surface area (Å²) in [7, 11) is -4.03. The fourth-order valence-corrected chi connectivity index (χ4v) is 6.61. The molecule has 1 saturated carbocycles. The molecule has 12 heteroatoms. The summed E-state index contributed by atoms with van der Waals surface area (Å²) in [6.07, 6.45) is 4.62. The topological polar surface area (TPSA) is 99.7 Å². The van der Waals surface area contributed by atoms with E-state index in [4.69, 9.17) is 23.2 Å². The van der Waals surface area contributed by atoms with Crippen LogP contribution in [0.5, 0.6) is 0 Å². The molecule has 4 rings (SSSR count). The number of urea groups is 1. The summed E-state index contributed by atoms with van der Waals surface area (Å²) in [6.45, 7) is 4.99. The number of sulfonamides is 1. The first-order valence-corrected chi connectivity index (χ1v) is 13.4. The largest absolute Gasteiger partial charge is 0.352 e. The minimum absolute atomic E-state index is 0.0706. The summed E-state index contributed by atoms with van der Waals surface area (Å²) in [6, 6.07) is 4.14. The van der Waals surface area contributed by atoms with Gasteiger partial charge in [0.1, 0.15) is 11.1 Å². The van der Waals surface area contributed by atoms with Crippen molar-refractivity contribution in [2.24, 2.45) is 5.92 Å². The molecule has 0 bridgehead atoms. The van der Waals surface area contributed by atoms with Gasteiger partial charge in [0.15, 0.2) is 5.78 Å². The third kappa shape index (κ3) is 5.34. The van der Waals surface area contributed by atoms with Crippen molar-refractivity contribution in [1.29, 1.82) is 0 Å². The quantitative estimate of drug-likeness (QED) is 0.428. The molecule has 3 heterocycles. The first kappa shape index (κ1) is 24.0. The third-order valence-corrected chi connectivity index (χ3v) is 8.89. The van der Waals surface area contributed by atoms with E-state index in [9.17, 15) is 18.0 Å². The fourth-order valence-electron chi connectivity index (χ4n) is 3.63. The van der Waals surface area contributed by atoms with E-state index in [2.05, 4.69) is 16.3 Å². The van der Waals surface area contributed by atoms with E-state index in [1.165, 1.54) is 11.0 Å². The van der Waals surface area contributed by atoms with Gasteiger partial charge in [-0.25, -0.2) is 22.9 Å². The van der Waals surface area contributed by atoms with Gasteiger partial charge in [-0.3, -0.25) is 4.79 Å². The van der Waals surface area contributed by atoms with E-state index in [1.54, 1.807) is 24.4 Å². The molecule has 1 N–H and O–H groups in total. The molecule has 2 aliphatic rings. The maximum absolute atomic E-state index is 12.8. The van der Waals surface area contributed by atoms with Crippen molar-refractivity contribution in [3.8, 4) is 0 Å². The minimum atomic E-state index is -4.03. The second-order valence-electron chi connectivity index (χ2n) is 7.89. The molecule has 1 aliphatic carbocycles. The highest BCUT2D eigenvalue weighted by Gasteiger charge is 2.33. The molecule has 2 aromatic rings. The molecule has 1 aliphatic heterocycles. The van der Waals surface area contributed by atoms with Crippen molar-refractivity contribution in [3.63, 3.8) is 0 Å². The Hall–Kier alpha value is -2.14. The SMILES string of the molecule is C=CC(c1ccc(Cl)s1)S(=O)(=O)NC(=O)N1CCN(c2ncc(C(=O)C3CC3)cc2Cl)CC1. The van der Waals surface area contributed by atoms with Gasteiger partial charge in [0, 0.05) is 48.7 Å². The number of nitrogens with zero attached hydrogens (tertiary/aromatic N) is 3. The molecule has 33 heavy (non-hydrogen) atoms. The monoisotopic (exact) mass is 528 g/mol. The number of halogens is 2. The van der Waals surface area contributed by atoms with Crippen LogP contribution in [0.4, 0.5) is 10.6 Å². The molecular formula is C21H22Cl2N4O4S2. The highest BCUT2D eigenvalue weighted by atomic mass is 35.5. The van der Waals surface area contributed by atoms with E-state index >= 15 is 0 Å². The van der Waals surface area contributed by atoms with Gasteiger partial charge >= 0.3 is 6.03 Å². The Labute approximate surface area is 206 Å². The van der Waals surface area contributed by atoms with Crippen molar-refractivity contribution in [2.75, 3.05) is 31.1 Å². The van der Waals surface area contributed by atoms with Gasteiger partial charge < -0.3 is 9.80 Å². The van der Waals surface area contributed by atoms with Crippen LogP contribution < -0.4 is 9.62 Å². The maximum Gasteiger partial charge on any atom is 0.331 e. The number of hydrogen-bond acceptors (Lipinski definition) is 7. The molecule has 8 nitrogen and oxygen atoms in total. The number of ketones is 1. The van der Waals surface area contributed by atoms with Gasteiger partial charge in [-0.2, -0.15) is 0 Å². The summed E-state index contributed by atoms with van der Waals surface area (Å²) >= 11 is 13.4. The number of rotatable bonds is 7. The molecule has 0 spiro atoms.